The second kappa shape index (κ2) is 10.2. The van der Waals surface area contributed by atoms with Crippen LogP contribution in [0.2, 0.25) is 0 Å². The summed E-state index contributed by atoms with van der Waals surface area (Å²) in [6.07, 6.45) is 47.0. The lowest BCUT2D eigenvalue weighted by Gasteiger charge is -2.41. The monoisotopic (exact) mass is 548 g/mol. The molecule has 0 saturated carbocycles. The highest BCUT2D eigenvalue weighted by atomic mass is 15.6. The number of hydrogen-bond donors (Lipinski definition) is 1. The molecule has 0 aromatic carbocycles. The fourth-order valence-corrected chi connectivity index (χ4v) is 10.8. The highest BCUT2D eigenvalue weighted by Gasteiger charge is 2.57. The van der Waals surface area contributed by atoms with Gasteiger partial charge in [0.1, 0.15) is 6.29 Å². The van der Waals surface area contributed by atoms with Gasteiger partial charge in [0.05, 0.1) is 12.1 Å². The van der Waals surface area contributed by atoms with Gasteiger partial charge in [-0.3, -0.25) is 15.1 Å². The quantitative estimate of drug-likeness (QED) is 0.410. The van der Waals surface area contributed by atoms with Crippen molar-refractivity contribution in [3.05, 3.63) is 84.7 Å². The number of nitrogens with one attached hydrogen (secondary N) is 1. The van der Waals surface area contributed by atoms with Gasteiger partial charge in [0.2, 0.25) is 0 Å². The van der Waals surface area contributed by atoms with Crippen LogP contribution < -0.4 is 5.32 Å². The summed E-state index contributed by atoms with van der Waals surface area (Å²) in [7, 11) is 0. The summed E-state index contributed by atoms with van der Waals surface area (Å²) < 4.78 is 0. The zero-order valence-corrected chi connectivity index (χ0v) is 24.6. The maximum atomic E-state index is 4.26. The van der Waals surface area contributed by atoms with Gasteiger partial charge in [-0.1, -0.05) is 72.9 Å². The number of likely N-dealkylation sites (tertiary alicyclic amines) is 1. The number of allylic oxidation sites excluding steroid dienone is 9. The molecule has 4 heteroatoms. The first kappa shape index (κ1) is 25.4. The minimum Gasteiger partial charge on any atom is -0.361 e. The van der Waals surface area contributed by atoms with Crippen LogP contribution in [0.3, 0.4) is 0 Å². The van der Waals surface area contributed by atoms with Crippen molar-refractivity contribution in [1.29, 1.82) is 0 Å². The fourth-order valence-electron chi connectivity index (χ4n) is 10.8. The maximum absolute atomic E-state index is 4.26. The molecule has 1 N–H and O–H groups in total. The molecule has 3 aliphatic heterocycles. The first-order valence-electron chi connectivity index (χ1n) is 17.1. The lowest BCUT2D eigenvalue weighted by Crippen LogP contribution is -2.53. The molecular formula is C37H48N4. The maximum Gasteiger partial charge on any atom is 0.118 e. The van der Waals surface area contributed by atoms with Crippen LogP contribution in [0.15, 0.2) is 84.7 Å². The van der Waals surface area contributed by atoms with E-state index in [2.05, 4.69) is 99.0 Å². The normalized spacial score (nSPS) is 48.1. The molecule has 12 atom stereocenters. The van der Waals surface area contributed by atoms with Crippen molar-refractivity contribution in [2.45, 2.75) is 119 Å². The third-order valence-corrected chi connectivity index (χ3v) is 12.6. The van der Waals surface area contributed by atoms with Crippen molar-refractivity contribution >= 4 is 0 Å². The molecule has 0 radical (unpaired) electrons. The van der Waals surface area contributed by atoms with Crippen LogP contribution >= 0.6 is 0 Å². The van der Waals surface area contributed by atoms with Gasteiger partial charge in [-0.25, -0.2) is 0 Å². The summed E-state index contributed by atoms with van der Waals surface area (Å²) in [6.45, 7) is 0. The van der Waals surface area contributed by atoms with Crippen molar-refractivity contribution in [1.82, 2.24) is 20.0 Å². The third-order valence-electron chi connectivity index (χ3n) is 12.6. The minimum atomic E-state index is 0.407. The van der Waals surface area contributed by atoms with Crippen molar-refractivity contribution in [2.24, 2.45) is 23.7 Å². The second-order valence-electron chi connectivity index (χ2n) is 14.4. The standard InChI is InChI=1S/C37H48N4/c1-3-11-27(12-4-1)39-32-16-8-7-15-29(32)30-23-25(19-21-33(30)39)26-20-22-34-31(24-26)38-37-40(28-13-5-2-6-14-28)35-17-9-10-18-36(35)41(34)37/h1-3,5,8,10-11,16,18-22,25-26,28-38H,4,6-7,9,12-15,17,23-24H2. The third kappa shape index (κ3) is 4.03. The highest BCUT2D eigenvalue weighted by Crippen LogP contribution is 2.51. The van der Waals surface area contributed by atoms with Crippen LogP contribution in [0.4, 0.5) is 0 Å². The van der Waals surface area contributed by atoms with E-state index in [1.54, 1.807) is 5.70 Å². The van der Waals surface area contributed by atoms with E-state index < -0.39 is 0 Å². The van der Waals surface area contributed by atoms with E-state index in [-0.39, 0.29) is 0 Å². The Labute approximate surface area is 247 Å². The Kier molecular flexibility index (Phi) is 6.34. The van der Waals surface area contributed by atoms with E-state index in [9.17, 15) is 0 Å². The summed E-state index contributed by atoms with van der Waals surface area (Å²) in [5, 5.41) is 4.26. The van der Waals surface area contributed by atoms with Crippen LogP contribution in [0.5, 0.6) is 0 Å². The minimum absolute atomic E-state index is 0.407. The van der Waals surface area contributed by atoms with Crippen LogP contribution in [0.25, 0.3) is 0 Å². The average molecular weight is 549 g/mol. The second-order valence-corrected chi connectivity index (χ2v) is 14.4. The lowest BCUT2D eigenvalue weighted by atomic mass is 9.69. The number of nitrogens with zero attached hydrogens (tertiary/aromatic N) is 3. The Morgan fingerprint density at radius 1 is 0.634 bits per heavy atom. The van der Waals surface area contributed by atoms with Crippen molar-refractivity contribution < 1.29 is 0 Å². The zero-order valence-electron chi connectivity index (χ0n) is 24.6. The molecule has 9 rings (SSSR count). The highest BCUT2D eigenvalue weighted by molar-refractivity contribution is 5.30. The van der Waals surface area contributed by atoms with Crippen LogP contribution in [-0.2, 0) is 0 Å². The van der Waals surface area contributed by atoms with Gasteiger partial charge >= 0.3 is 0 Å². The largest absolute Gasteiger partial charge is 0.361 e. The van der Waals surface area contributed by atoms with Gasteiger partial charge in [0, 0.05) is 35.9 Å². The molecule has 3 saturated heterocycles. The molecule has 216 valence electrons. The molecule has 3 heterocycles. The van der Waals surface area contributed by atoms with E-state index in [1.165, 1.54) is 70.6 Å². The number of hydrogen-bond acceptors (Lipinski definition) is 4. The summed E-state index contributed by atoms with van der Waals surface area (Å²) in [4.78, 5) is 8.65. The molecule has 4 nitrogen and oxygen atoms in total. The topological polar surface area (TPSA) is 21.8 Å². The van der Waals surface area contributed by atoms with Gasteiger partial charge in [0.15, 0.2) is 0 Å². The molecule has 6 aliphatic carbocycles. The molecule has 0 aromatic rings. The Hall–Kier alpha value is -2.14. The molecule has 0 amide bonds. The molecular weight excluding hydrogens is 500 g/mol. The lowest BCUT2D eigenvalue weighted by molar-refractivity contribution is 0.0710. The molecule has 12 unspecified atom stereocenters. The zero-order chi connectivity index (χ0) is 26.9. The van der Waals surface area contributed by atoms with E-state index in [0.717, 1.165) is 11.8 Å². The molecule has 0 aromatic heterocycles. The SMILES string of the molecule is C1=CCCC(N2C3C=CCCC3C3CC(C4C=CC5C(C4)NC4N5C5C=CCCC5N4C4CC=CCC4)C=CC32)=C1. The molecule has 0 bridgehead atoms. The van der Waals surface area contributed by atoms with E-state index in [4.69, 9.17) is 0 Å². The van der Waals surface area contributed by atoms with Gasteiger partial charge < -0.3 is 4.90 Å². The Morgan fingerprint density at radius 2 is 1.44 bits per heavy atom. The van der Waals surface area contributed by atoms with Gasteiger partial charge in [-0.15, -0.1) is 0 Å². The fraction of sp³-hybridized carbons (Fsp3) is 0.622. The molecule has 3 fully saturated rings. The van der Waals surface area contributed by atoms with Crippen molar-refractivity contribution in [3.63, 3.8) is 0 Å². The molecule has 9 aliphatic rings. The Bertz CT molecular complexity index is 1240. The summed E-state index contributed by atoms with van der Waals surface area (Å²) in [6, 6.07) is 4.25. The van der Waals surface area contributed by atoms with Crippen LogP contribution in [-0.4, -0.2) is 63.3 Å². The predicted molar refractivity (Wildman–Crippen MR) is 167 cm³/mol. The first-order valence-corrected chi connectivity index (χ1v) is 17.1. The summed E-state index contributed by atoms with van der Waals surface area (Å²) in [5.41, 5.74) is 1.58. The van der Waals surface area contributed by atoms with Crippen molar-refractivity contribution in [3.8, 4) is 0 Å². The van der Waals surface area contributed by atoms with Gasteiger partial charge in [-0.05, 0) is 100 Å². The van der Waals surface area contributed by atoms with Crippen LogP contribution in [0, 0.1) is 23.7 Å². The summed E-state index contributed by atoms with van der Waals surface area (Å²) in [5.74, 6) is 2.95. The van der Waals surface area contributed by atoms with Gasteiger partial charge in [0.25, 0.3) is 0 Å². The van der Waals surface area contributed by atoms with E-state index in [0.29, 0.717) is 60.4 Å². The summed E-state index contributed by atoms with van der Waals surface area (Å²) >= 11 is 0. The van der Waals surface area contributed by atoms with E-state index in [1.807, 2.05) is 0 Å². The first-order chi connectivity index (χ1) is 20.3. The average Bonchev–Trinajstić information content (AvgIpc) is 3.68. The Balaban J connectivity index is 0.960. The van der Waals surface area contributed by atoms with Gasteiger partial charge in [-0.2, -0.15) is 0 Å². The number of rotatable bonds is 3. The predicted octanol–water partition coefficient (Wildman–Crippen LogP) is 6.45. The Morgan fingerprint density at radius 3 is 2.29 bits per heavy atom. The van der Waals surface area contributed by atoms with Crippen LogP contribution in [0.1, 0.15) is 70.6 Å². The number of fused-ring (bicyclic) bond motifs is 8. The van der Waals surface area contributed by atoms with E-state index >= 15 is 0 Å². The van der Waals surface area contributed by atoms with Crippen molar-refractivity contribution in [2.75, 3.05) is 0 Å². The smallest absolute Gasteiger partial charge is 0.118 e. The molecule has 0 spiro atoms. The molecule has 41 heavy (non-hydrogen) atoms.